The summed E-state index contributed by atoms with van der Waals surface area (Å²) in [5.41, 5.74) is 1.80. The van der Waals surface area contributed by atoms with Gasteiger partial charge in [0, 0.05) is 33.1 Å². The fourth-order valence-corrected chi connectivity index (χ4v) is 4.73. The Balaban J connectivity index is 1.33. The van der Waals surface area contributed by atoms with Gasteiger partial charge in [0.25, 0.3) is 0 Å². The van der Waals surface area contributed by atoms with Crippen LogP contribution in [0.3, 0.4) is 0 Å². The van der Waals surface area contributed by atoms with E-state index >= 15 is 0 Å². The van der Waals surface area contributed by atoms with E-state index in [4.69, 9.17) is 29.0 Å². The van der Waals surface area contributed by atoms with Gasteiger partial charge in [0.05, 0.1) is 5.75 Å². The first-order valence-corrected chi connectivity index (χ1v) is 11.6. The van der Waals surface area contributed by atoms with E-state index in [1.165, 1.54) is 27.8 Å². The molecule has 0 unspecified atom stereocenters. The minimum atomic E-state index is -0.209. The highest BCUT2D eigenvalue weighted by Gasteiger charge is 2.14. The van der Waals surface area contributed by atoms with Crippen molar-refractivity contribution in [2.45, 2.75) is 11.6 Å². The maximum Gasteiger partial charge on any atom is 0.236 e. The number of hydrogen-bond acceptors (Lipinski definition) is 7. The Kier molecular flexibility index (Phi) is 6.77. The van der Waals surface area contributed by atoms with Crippen LogP contribution in [0.5, 0.6) is 0 Å². The van der Waals surface area contributed by atoms with E-state index in [2.05, 4.69) is 20.5 Å². The lowest BCUT2D eigenvalue weighted by Crippen LogP contribution is -2.16. The Morgan fingerprint density at radius 1 is 1.16 bits per heavy atom. The van der Waals surface area contributed by atoms with Crippen molar-refractivity contribution in [1.29, 1.82) is 0 Å². The number of nitrogens with zero attached hydrogens (tertiary/aromatic N) is 4. The number of carbonyl (C=O) groups is 1. The number of anilines is 1. The predicted octanol–water partition coefficient (Wildman–Crippen LogP) is 4.74. The molecule has 0 spiro atoms. The molecule has 3 N–H and O–H groups in total. The number of nitrogens with one attached hydrogen (secondary N) is 1. The molecule has 0 bridgehead atoms. The number of nitrogens with two attached hydrogens (primary N) is 1. The van der Waals surface area contributed by atoms with Crippen molar-refractivity contribution in [3.8, 4) is 11.4 Å². The van der Waals surface area contributed by atoms with Gasteiger partial charge in [-0.05, 0) is 17.7 Å². The molecule has 4 rings (SSSR count). The third-order valence-electron chi connectivity index (χ3n) is 4.21. The first-order valence-electron chi connectivity index (χ1n) is 9.07. The van der Waals surface area contributed by atoms with Gasteiger partial charge in [-0.2, -0.15) is 0 Å². The van der Waals surface area contributed by atoms with Crippen molar-refractivity contribution in [3.63, 3.8) is 0 Å². The summed E-state index contributed by atoms with van der Waals surface area (Å²) in [4.78, 5) is 17.6. The van der Waals surface area contributed by atoms with Crippen LogP contribution in [-0.2, 0) is 11.2 Å². The molecule has 7 nitrogen and oxygen atoms in total. The number of thioether (sulfide) groups is 1. The molecule has 0 aliphatic carbocycles. The van der Waals surface area contributed by atoms with Gasteiger partial charge in [-0.3, -0.25) is 4.79 Å². The van der Waals surface area contributed by atoms with Crippen molar-refractivity contribution in [2.24, 2.45) is 0 Å². The van der Waals surface area contributed by atoms with E-state index in [0.717, 1.165) is 16.0 Å². The summed E-state index contributed by atoms with van der Waals surface area (Å²) in [5.74, 6) is 6.54. The van der Waals surface area contributed by atoms with Crippen LogP contribution >= 0.6 is 46.3 Å². The smallest absolute Gasteiger partial charge is 0.236 e. The summed E-state index contributed by atoms with van der Waals surface area (Å²) in [6.45, 7) is 0. The highest BCUT2D eigenvalue weighted by molar-refractivity contribution is 7.99. The molecule has 0 saturated heterocycles. The average molecular weight is 491 g/mol. The molecule has 0 atom stereocenters. The number of amides is 1. The third-order valence-corrected chi connectivity index (χ3v) is 6.65. The minimum Gasteiger partial charge on any atom is -0.335 e. The first-order chi connectivity index (χ1) is 15.0. The van der Waals surface area contributed by atoms with Crippen LogP contribution in [0.4, 0.5) is 5.13 Å². The number of halogens is 2. The standard InChI is InChI=1S/C20H16Cl2N6OS2/c21-14-7-6-13(16(22)9-14)8-15-10-24-19(31-15)25-17(29)11-30-20-27-26-18(28(20)23)12-4-2-1-3-5-12/h1-7,9-10H,8,11,23H2,(H,24,25,29). The molecule has 158 valence electrons. The largest absolute Gasteiger partial charge is 0.335 e. The molecular formula is C20H16Cl2N6OS2. The summed E-state index contributed by atoms with van der Waals surface area (Å²) in [6, 6.07) is 14.9. The minimum absolute atomic E-state index is 0.127. The van der Waals surface area contributed by atoms with Crippen LogP contribution in [0.25, 0.3) is 11.4 Å². The first kappa shape index (κ1) is 21.6. The van der Waals surface area contributed by atoms with Crippen LogP contribution in [0.2, 0.25) is 10.0 Å². The number of hydrogen-bond donors (Lipinski definition) is 2. The molecule has 0 fully saturated rings. The second kappa shape index (κ2) is 9.69. The van der Waals surface area contributed by atoms with Gasteiger partial charge < -0.3 is 11.2 Å². The molecular weight excluding hydrogens is 475 g/mol. The molecule has 1 amide bonds. The number of nitrogen functional groups attached to an aromatic ring is 1. The van der Waals surface area contributed by atoms with Gasteiger partial charge in [-0.1, -0.05) is 71.4 Å². The van der Waals surface area contributed by atoms with E-state index in [1.807, 2.05) is 36.4 Å². The van der Waals surface area contributed by atoms with Crippen LogP contribution in [0.1, 0.15) is 10.4 Å². The van der Waals surface area contributed by atoms with Crippen molar-refractivity contribution >= 4 is 57.3 Å². The Morgan fingerprint density at radius 2 is 1.97 bits per heavy atom. The highest BCUT2D eigenvalue weighted by Crippen LogP contribution is 2.27. The van der Waals surface area contributed by atoms with E-state index in [0.29, 0.717) is 32.6 Å². The van der Waals surface area contributed by atoms with Crippen LogP contribution < -0.4 is 11.2 Å². The lowest BCUT2D eigenvalue weighted by atomic mass is 10.1. The molecule has 4 aromatic rings. The normalized spacial score (nSPS) is 10.9. The van der Waals surface area contributed by atoms with Crippen molar-refractivity contribution < 1.29 is 4.79 Å². The average Bonchev–Trinajstić information content (AvgIpc) is 3.35. The van der Waals surface area contributed by atoms with Crippen LogP contribution in [-0.4, -0.2) is 31.5 Å². The summed E-state index contributed by atoms with van der Waals surface area (Å²) in [6.07, 6.45) is 2.33. The maximum atomic E-state index is 12.3. The zero-order valence-electron chi connectivity index (χ0n) is 16.0. The Labute approximate surface area is 196 Å². The molecule has 0 aliphatic heterocycles. The lowest BCUT2D eigenvalue weighted by Gasteiger charge is -2.04. The fourth-order valence-electron chi connectivity index (χ4n) is 2.74. The van der Waals surface area contributed by atoms with E-state index < -0.39 is 0 Å². The van der Waals surface area contributed by atoms with Gasteiger partial charge in [0.1, 0.15) is 0 Å². The molecule has 31 heavy (non-hydrogen) atoms. The summed E-state index contributed by atoms with van der Waals surface area (Å²) in [7, 11) is 0. The zero-order chi connectivity index (χ0) is 21.8. The molecule has 2 aromatic heterocycles. The topological polar surface area (TPSA) is 98.7 Å². The predicted molar refractivity (Wildman–Crippen MR) is 126 cm³/mol. The molecule has 0 radical (unpaired) electrons. The number of carbonyl (C=O) groups excluding carboxylic acids is 1. The number of rotatable bonds is 7. The van der Waals surface area contributed by atoms with Crippen LogP contribution in [0.15, 0.2) is 59.9 Å². The summed E-state index contributed by atoms with van der Waals surface area (Å²) in [5, 5.41) is 13.1. The van der Waals surface area contributed by atoms with Crippen molar-refractivity contribution in [1.82, 2.24) is 19.9 Å². The van der Waals surface area contributed by atoms with Gasteiger partial charge in [-0.25, -0.2) is 9.66 Å². The highest BCUT2D eigenvalue weighted by atomic mass is 35.5. The van der Waals surface area contributed by atoms with E-state index in [1.54, 1.807) is 18.3 Å². The monoisotopic (exact) mass is 490 g/mol. The zero-order valence-corrected chi connectivity index (χ0v) is 19.1. The van der Waals surface area contributed by atoms with Gasteiger partial charge in [0.2, 0.25) is 11.1 Å². The second-order valence-corrected chi connectivity index (χ2v) is 9.32. The summed E-state index contributed by atoms with van der Waals surface area (Å²) >= 11 is 14.8. The van der Waals surface area contributed by atoms with Crippen molar-refractivity contribution in [3.05, 3.63) is 75.2 Å². The SMILES string of the molecule is Nn1c(SCC(=O)Nc2ncc(Cc3ccc(Cl)cc3Cl)s2)nnc1-c1ccccc1. The molecule has 11 heteroatoms. The Hall–Kier alpha value is -2.59. The van der Waals surface area contributed by atoms with Gasteiger partial charge in [0.15, 0.2) is 11.0 Å². The summed E-state index contributed by atoms with van der Waals surface area (Å²) < 4.78 is 1.38. The van der Waals surface area contributed by atoms with Crippen molar-refractivity contribution in [2.75, 3.05) is 16.9 Å². The lowest BCUT2D eigenvalue weighted by molar-refractivity contribution is -0.113. The Morgan fingerprint density at radius 3 is 2.74 bits per heavy atom. The molecule has 2 aromatic carbocycles. The van der Waals surface area contributed by atoms with E-state index in [9.17, 15) is 4.79 Å². The fraction of sp³-hybridized carbons (Fsp3) is 0.100. The van der Waals surface area contributed by atoms with Gasteiger partial charge in [-0.15, -0.1) is 21.5 Å². The third kappa shape index (κ3) is 5.37. The molecule has 0 saturated carbocycles. The second-order valence-electron chi connectivity index (χ2n) is 6.42. The Bertz CT molecular complexity index is 1210. The maximum absolute atomic E-state index is 12.3. The van der Waals surface area contributed by atoms with Crippen LogP contribution in [0, 0.1) is 0 Å². The van der Waals surface area contributed by atoms with E-state index in [-0.39, 0.29) is 11.7 Å². The molecule has 2 heterocycles. The number of benzene rings is 2. The number of aromatic nitrogens is 4. The number of thiazole rings is 1. The molecule has 0 aliphatic rings. The van der Waals surface area contributed by atoms with Gasteiger partial charge >= 0.3 is 0 Å². The quantitative estimate of drug-likeness (QED) is 0.286.